The number of hydrogen-bond donors (Lipinski definition) is 1. The van der Waals surface area contributed by atoms with Crippen molar-refractivity contribution in [3.63, 3.8) is 0 Å². The molecule has 0 aliphatic heterocycles. The molecular formula is C19H22N2OS. The molecule has 1 N–H and O–H groups in total. The second-order valence-corrected chi connectivity index (χ2v) is 9.07. The minimum Gasteiger partial charge on any atom is -0.349 e. The van der Waals surface area contributed by atoms with Crippen LogP contribution in [0.15, 0.2) is 24.3 Å². The fraction of sp³-hybridized carbons (Fsp3) is 0.579. The highest BCUT2D eigenvalue weighted by atomic mass is 32.1. The van der Waals surface area contributed by atoms with E-state index in [9.17, 15) is 4.79 Å². The van der Waals surface area contributed by atoms with Crippen LogP contribution in [0.5, 0.6) is 0 Å². The zero-order valence-corrected chi connectivity index (χ0v) is 14.1. The lowest BCUT2D eigenvalue weighted by Crippen LogP contribution is -2.53. The molecule has 4 saturated carbocycles. The van der Waals surface area contributed by atoms with Gasteiger partial charge in [-0.3, -0.25) is 4.79 Å². The van der Waals surface area contributed by atoms with Gasteiger partial charge in [0.2, 0.25) is 5.91 Å². The molecular weight excluding hydrogens is 304 g/mol. The van der Waals surface area contributed by atoms with Gasteiger partial charge in [0.15, 0.2) is 0 Å². The number of amides is 1. The fourth-order valence-electron chi connectivity index (χ4n) is 5.73. The molecule has 4 fully saturated rings. The Morgan fingerprint density at radius 3 is 2.43 bits per heavy atom. The molecule has 1 amide bonds. The third-order valence-electron chi connectivity index (χ3n) is 6.26. The van der Waals surface area contributed by atoms with Crippen molar-refractivity contribution in [1.29, 1.82) is 0 Å². The molecule has 0 atom stereocenters. The van der Waals surface area contributed by atoms with Crippen molar-refractivity contribution in [3.8, 4) is 0 Å². The van der Waals surface area contributed by atoms with Gasteiger partial charge < -0.3 is 5.32 Å². The largest absolute Gasteiger partial charge is 0.349 e. The SMILES string of the molecule is O=C(NCc1nc2ccccc2s1)C12CC3CC(CC(C3)C1)C2. The van der Waals surface area contributed by atoms with E-state index in [0.29, 0.717) is 12.5 Å². The lowest BCUT2D eigenvalue weighted by atomic mass is 9.49. The Morgan fingerprint density at radius 2 is 1.78 bits per heavy atom. The minimum absolute atomic E-state index is 0.0502. The van der Waals surface area contributed by atoms with Crippen molar-refractivity contribution >= 4 is 27.5 Å². The maximum Gasteiger partial charge on any atom is 0.226 e. The molecule has 23 heavy (non-hydrogen) atoms. The maximum absolute atomic E-state index is 13.0. The molecule has 0 saturated heterocycles. The van der Waals surface area contributed by atoms with E-state index in [4.69, 9.17) is 0 Å². The summed E-state index contributed by atoms with van der Waals surface area (Å²) < 4.78 is 1.20. The number of nitrogens with one attached hydrogen (secondary N) is 1. The van der Waals surface area contributed by atoms with Gasteiger partial charge in [0.1, 0.15) is 5.01 Å². The Hall–Kier alpha value is -1.42. The molecule has 1 heterocycles. The molecule has 4 aliphatic carbocycles. The number of hydrogen-bond acceptors (Lipinski definition) is 3. The maximum atomic E-state index is 13.0. The van der Waals surface area contributed by atoms with Gasteiger partial charge in [-0.05, 0) is 68.4 Å². The van der Waals surface area contributed by atoms with Crippen molar-refractivity contribution in [2.45, 2.75) is 45.1 Å². The Morgan fingerprint density at radius 1 is 1.13 bits per heavy atom. The Kier molecular flexibility index (Phi) is 3.06. The predicted molar refractivity (Wildman–Crippen MR) is 92.1 cm³/mol. The molecule has 4 bridgehead atoms. The van der Waals surface area contributed by atoms with Crippen LogP contribution in [0.25, 0.3) is 10.2 Å². The van der Waals surface area contributed by atoms with E-state index in [2.05, 4.69) is 16.4 Å². The quantitative estimate of drug-likeness (QED) is 0.921. The van der Waals surface area contributed by atoms with Crippen LogP contribution < -0.4 is 5.32 Å². The van der Waals surface area contributed by atoms with Crippen LogP contribution in [0.4, 0.5) is 0 Å². The number of nitrogens with zero attached hydrogens (tertiary/aromatic N) is 1. The normalized spacial score (nSPS) is 34.9. The molecule has 1 aromatic heterocycles. The van der Waals surface area contributed by atoms with Crippen LogP contribution in [0.3, 0.4) is 0 Å². The molecule has 0 radical (unpaired) electrons. The molecule has 120 valence electrons. The Labute approximate surface area is 140 Å². The topological polar surface area (TPSA) is 42.0 Å². The lowest BCUT2D eigenvalue weighted by Gasteiger charge is -2.55. The van der Waals surface area contributed by atoms with Gasteiger partial charge in [-0.25, -0.2) is 4.98 Å². The van der Waals surface area contributed by atoms with Crippen LogP contribution in [0, 0.1) is 23.2 Å². The van der Waals surface area contributed by atoms with Gasteiger partial charge in [0.25, 0.3) is 0 Å². The van der Waals surface area contributed by atoms with E-state index in [1.165, 1.54) is 24.0 Å². The first kappa shape index (κ1) is 14.0. The number of thiazole rings is 1. The van der Waals surface area contributed by atoms with Gasteiger partial charge in [0, 0.05) is 5.41 Å². The summed E-state index contributed by atoms with van der Waals surface area (Å²) in [7, 11) is 0. The van der Waals surface area contributed by atoms with Crippen molar-refractivity contribution < 1.29 is 4.79 Å². The second-order valence-electron chi connectivity index (χ2n) is 7.96. The molecule has 4 heteroatoms. The number of rotatable bonds is 3. The number of aromatic nitrogens is 1. The molecule has 0 unspecified atom stereocenters. The Bertz CT molecular complexity index is 697. The third-order valence-corrected chi connectivity index (χ3v) is 7.29. The summed E-state index contributed by atoms with van der Waals surface area (Å²) in [6, 6.07) is 8.19. The molecule has 2 aromatic rings. The van der Waals surface area contributed by atoms with E-state index in [1.807, 2.05) is 18.2 Å². The monoisotopic (exact) mass is 326 g/mol. The minimum atomic E-state index is -0.0502. The van der Waals surface area contributed by atoms with Gasteiger partial charge in [-0.15, -0.1) is 11.3 Å². The highest BCUT2D eigenvalue weighted by molar-refractivity contribution is 7.18. The first-order chi connectivity index (χ1) is 11.2. The van der Waals surface area contributed by atoms with E-state index in [-0.39, 0.29) is 5.41 Å². The van der Waals surface area contributed by atoms with Crippen molar-refractivity contribution in [2.75, 3.05) is 0 Å². The first-order valence-electron chi connectivity index (χ1n) is 8.83. The van der Waals surface area contributed by atoms with E-state index >= 15 is 0 Å². The average Bonchev–Trinajstić information content (AvgIpc) is 2.94. The van der Waals surface area contributed by atoms with Crippen molar-refractivity contribution in [2.24, 2.45) is 23.2 Å². The zero-order valence-electron chi connectivity index (χ0n) is 13.3. The van der Waals surface area contributed by atoms with Crippen molar-refractivity contribution in [3.05, 3.63) is 29.3 Å². The summed E-state index contributed by atoms with van der Waals surface area (Å²) in [5.74, 6) is 2.74. The summed E-state index contributed by atoms with van der Waals surface area (Å²) in [5.41, 5.74) is 0.988. The highest BCUT2D eigenvalue weighted by Gasteiger charge is 2.54. The second kappa shape index (κ2) is 5.04. The molecule has 1 aromatic carbocycles. The Balaban J connectivity index is 1.31. The zero-order chi connectivity index (χ0) is 15.4. The van der Waals surface area contributed by atoms with Gasteiger partial charge in [-0.2, -0.15) is 0 Å². The molecule has 6 rings (SSSR count). The lowest BCUT2D eigenvalue weighted by molar-refractivity contribution is -0.146. The number of fused-ring (bicyclic) bond motifs is 1. The molecule has 4 aliphatic rings. The van der Waals surface area contributed by atoms with Gasteiger partial charge in [-0.1, -0.05) is 12.1 Å². The van der Waals surface area contributed by atoms with Crippen LogP contribution in [-0.2, 0) is 11.3 Å². The van der Waals surface area contributed by atoms with Crippen molar-refractivity contribution in [1.82, 2.24) is 10.3 Å². The van der Waals surface area contributed by atoms with Crippen LogP contribution in [0.1, 0.15) is 43.5 Å². The highest BCUT2D eigenvalue weighted by Crippen LogP contribution is 2.60. The van der Waals surface area contributed by atoms with Crippen LogP contribution in [-0.4, -0.2) is 10.9 Å². The summed E-state index contributed by atoms with van der Waals surface area (Å²) in [4.78, 5) is 17.6. The summed E-state index contributed by atoms with van der Waals surface area (Å²) >= 11 is 1.69. The number of para-hydroxylation sites is 1. The first-order valence-corrected chi connectivity index (χ1v) is 9.65. The summed E-state index contributed by atoms with van der Waals surface area (Å²) in [6.45, 7) is 0.583. The van der Waals surface area contributed by atoms with E-state index in [0.717, 1.165) is 47.5 Å². The van der Waals surface area contributed by atoms with E-state index < -0.39 is 0 Å². The van der Waals surface area contributed by atoms with Gasteiger partial charge in [0.05, 0.1) is 16.8 Å². The number of benzene rings is 1. The van der Waals surface area contributed by atoms with Gasteiger partial charge >= 0.3 is 0 Å². The number of carbonyl (C=O) groups is 1. The standard InChI is InChI=1S/C19H22N2OS/c22-18(19-8-12-5-13(9-19)7-14(6-12)10-19)20-11-17-21-15-3-1-2-4-16(15)23-17/h1-4,12-14H,5-11H2,(H,20,22). The average molecular weight is 326 g/mol. The third kappa shape index (κ3) is 2.30. The number of carbonyl (C=O) groups excluding carboxylic acids is 1. The summed E-state index contributed by atoms with van der Waals surface area (Å²) in [6.07, 6.45) is 7.53. The molecule has 3 nitrogen and oxygen atoms in total. The summed E-state index contributed by atoms with van der Waals surface area (Å²) in [5, 5.41) is 4.24. The smallest absolute Gasteiger partial charge is 0.226 e. The van der Waals surface area contributed by atoms with Crippen LogP contribution >= 0.6 is 11.3 Å². The van der Waals surface area contributed by atoms with E-state index in [1.54, 1.807) is 11.3 Å². The van der Waals surface area contributed by atoms with Crippen LogP contribution in [0.2, 0.25) is 0 Å². The predicted octanol–water partition coefficient (Wildman–Crippen LogP) is 4.13. The fourth-order valence-corrected chi connectivity index (χ4v) is 6.63. The molecule has 0 spiro atoms.